The molecular weight excluding hydrogens is 499 g/mol. The topological polar surface area (TPSA) is 81.9 Å². The number of nitrogens with zero attached hydrogens (tertiary/aromatic N) is 2. The second-order valence-corrected chi connectivity index (χ2v) is 9.43. The van der Waals surface area contributed by atoms with Gasteiger partial charge in [0.1, 0.15) is 17.2 Å². The molecule has 0 unspecified atom stereocenters. The Kier molecular flexibility index (Phi) is 8.14. The molecule has 0 spiro atoms. The third-order valence-electron chi connectivity index (χ3n) is 6.47. The summed E-state index contributed by atoms with van der Waals surface area (Å²) in [5.41, 5.74) is 3.39. The molecule has 0 aliphatic heterocycles. The third-order valence-corrected chi connectivity index (χ3v) is 6.47. The van der Waals surface area contributed by atoms with Crippen molar-refractivity contribution in [2.75, 3.05) is 18.1 Å². The molecule has 4 aromatic rings. The van der Waals surface area contributed by atoms with Gasteiger partial charge in [0, 0.05) is 5.56 Å². The minimum Gasteiger partial charge on any atom is -0.465 e. The van der Waals surface area contributed by atoms with Crippen LogP contribution in [0.1, 0.15) is 39.0 Å². The summed E-state index contributed by atoms with van der Waals surface area (Å²) in [6.45, 7) is 9.29. The maximum Gasteiger partial charge on any atom is 0.419 e. The lowest BCUT2D eigenvalue weighted by Gasteiger charge is -2.23. The van der Waals surface area contributed by atoms with Gasteiger partial charge >= 0.3 is 12.1 Å². The van der Waals surface area contributed by atoms with Gasteiger partial charge in [-0.15, -0.1) is 0 Å². The predicted octanol–water partition coefficient (Wildman–Crippen LogP) is 7.59. The van der Waals surface area contributed by atoms with E-state index >= 15 is 0 Å². The highest BCUT2D eigenvalue weighted by molar-refractivity contribution is 6.00. The van der Waals surface area contributed by atoms with Crippen molar-refractivity contribution in [3.8, 4) is 22.5 Å². The summed E-state index contributed by atoms with van der Waals surface area (Å²) in [7, 11) is 0. The Hall–Kier alpha value is -4.46. The lowest BCUT2D eigenvalue weighted by atomic mass is 9.84. The Morgan fingerprint density at radius 3 is 2.03 bits per heavy atom. The SMILES string of the molecule is CCOC(=O)N(c1ccccc1F)c1c(C)noc1-c1ccc(-c2ccc(C(C)(C)C(=O)OCC)cc2)cc1. The number of amides is 1. The van der Waals surface area contributed by atoms with Crippen LogP contribution in [0.5, 0.6) is 0 Å². The number of aryl methyl sites for hydroxylation is 1. The van der Waals surface area contributed by atoms with Crippen molar-refractivity contribution in [2.45, 2.75) is 40.0 Å². The van der Waals surface area contributed by atoms with E-state index in [-0.39, 0.29) is 18.3 Å². The zero-order valence-electron chi connectivity index (χ0n) is 22.7. The minimum atomic E-state index is -0.762. The second-order valence-electron chi connectivity index (χ2n) is 9.43. The minimum absolute atomic E-state index is 0.0333. The van der Waals surface area contributed by atoms with Gasteiger partial charge in [0.15, 0.2) is 5.76 Å². The molecule has 0 bridgehead atoms. The van der Waals surface area contributed by atoms with Crippen molar-refractivity contribution in [1.82, 2.24) is 5.16 Å². The van der Waals surface area contributed by atoms with E-state index in [2.05, 4.69) is 5.16 Å². The third kappa shape index (κ3) is 5.55. The van der Waals surface area contributed by atoms with Gasteiger partial charge in [-0.3, -0.25) is 4.79 Å². The number of anilines is 2. The first kappa shape index (κ1) is 27.6. The number of hydrogen-bond acceptors (Lipinski definition) is 6. The van der Waals surface area contributed by atoms with Crippen LogP contribution in [0.25, 0.3) is 22.5 Å². The molecule has 1 amide bonds. The molecule has 0 radical (unpaired) electrons. The monoisotopic (exact) mass is 530 g/mol. The summed E-state index contributed by atoms with van der Waals surface area (Å²) < 4.78 is 30.9. The molecule has 7 nitrogen and oxygen atoms in total. The summed E-state index contributed by atoms with van der Waals surface area (Å²) in [6, 6.07) is 21.2. The van der Waals surface area contributed by atoms with Crippen LogP contribution in [0.2, 0.25) is 0 Å². The smallest absolute Gasteiger partial charge is 0.419 e. The summed E-state index contributed by atoms with van der Waals surface area (Å²) >= 11 is 0. The molecule has 1 aromatic heterocycles. The average molecular weight is 531 g/mol. The van der Waals surface area contributed by atoms with E-state index in [9.17, 15) is 14.0 Å². The zero-order valence-corrected chi connectivity index (χ0v) is 22.7. The highest BCUT2D eigenvalue weighted by Gasteiger charge is 2.32. The lowest BCUT2D eigenvalue weighted by molar-refractivity contribution is -0.148. The van der Waals surface area contributed by atoms with Crippen LogP contribution in [0, 0.1) is 12.7 Å². The number of carbonyl (C=O) groups excluding carboxylic acids is 2. The van der Waals surface area contributed by atoms with E-state index in [0.717, 1.165) is 21.6 Å². The number of ether oxygens (including phenoxy) is 2. The predicted molar refractivity (Wildman–Crippen MR) is 147 cm³/mol. The van der Waals surface area contributed by atoms with E-state index in [0.29, 0.717) is 29.3 Å². The number of para-hydroxylation sites is 1. The van der Waals surface area contributed by atoms with E-state index < -0.39 is 17.3 Å². The highest BCUT2D eigenvalue weighted by atomic mass is 19.1. The molecule has 0 N–H and O–H groups in total. The Labute approximate surface area is 227 Å². The van der Waals surface area contributed by atoms with Gasteiger partial charge < -0.3 is 14.0 Å². The Balaban J connectivity index is 1.67. The zero-order chi connectivity index (χ0) is 28.2. The van der Waals surface area contributed by atoms with Crippen LogP contribution in [0.4, 0.5) is 20.6 Å². The maximum atomic E-state index is 14.8. The number of aromatic nitrogens is 1. The van der Waals surface area contributed by atoms with Gasteiger partial charge in [-0.25, -0.2) is 14.1 Å². The maximum absolute atomic E-state index is 14.8. The summed E-state index contributed by atoms with van der Waals surface area (Å²) in [6.07, 6.45) is -0.738. The highest BCUT2D eigenvalue weighted by Crippen LogP contribution is 2.40. The van der Waals surface area contributed by atoms with Gasteiger partial charge in [-0.1, -0.05) is 65.8 Å². The first-order chi connectivity index (χ1) is 18.7. The van der Waals surface area contributed by atoms with Crippen LogP contribution >= 0.6 is 0 Å². The largest absolute Gasteiger partial charge is 0.465 e. The Morgan fingerprint density at radius 1 is 0.872 bits per heavy atom. The van der Waals surface area contributed by atoms with Crippen molar-refractivity contribution in [3.05, 3.63) is 89.9 Å². The van der Waals surface area contributed by atoms with Gasteiger partial charge in [0.05, 0.1) is 24.3 Å². The molecule has 0 saturated carbocycles. The van der Waals surface area contributed by atoms with E-state index in [1.807, 2.05) is 62.4 Å². The normalized spacial score (nSPS) is 11.2. The van der Waals surface area contributed by atoms with Crippen molar-refractivity contribution in [1.29, 1.82) is 0 Å². The van der Waals surface area contributed by atoms with Crippen LogP contribution in [-0.2, 0) is 19.7 Å². The molecule has 1 heterocycles. The molecule has 0 saturated heterocycles. The van der Waals surface area contributed by atoms with Crippen molar-refractivity contribution < 1.29 is 28.0 Å². The summed E-state index contributed by atoms with van der Waals surface area (Å²) in [5, 5.41) is 4.07. The van der Waals surface area contributed by atoms with Crippen LogP contribution in [0.15, 0.2) is 77.3 Å². The first-order valence-corrected chi connectivity index (χ1v) is 12.7. The number of carbonyl (C=O) groups is 2. The molecular formula is C31H31FN2O5. The van der Waals surface area contributed by atoms with Crippen molar-refractivity contribution in [3.63, 3.8) is 0 Å². The van der Waals surface area contributed by atoms with E-state index in [1.54, 1.807) is 32.9 Å². The van der Waals surface area contributed by atoms with Crippen molar-refractivity contribution in [2.24, 2.45) is 0 Å². The van der Waals surface area contributed by atoms with Gasteiger partial charge in [0.2, 0.25) is 0 Å². The Bertz CT molecular complexity index is 1460. The molecule has 39 heavy (non-hydrogen) atoms. The molecule has 4 rings (SSSR count). The molecule has 0 aliphatic rings. The van der Waals surface area contributed by atoms with Gasteiger partial charge in [0.25, 0.3) is 0 Å². The summed E-state index contributed by atoms with van der Waals surface area (Å²) in [4.78, 5) is 26.5. The average Bonchev–Trinajstić information content (AvgIpc) is 3.31. The number of esters is 1. The van der Waals surface area contributed by atoms with Gasteiger partial charge in [-0.05, 0) is 63.4 Å². The molecule has 0 aliphatic carbocycles. The molecule has 202 valence electrons. The fourth-order valence-corrected chi connectivity index (χ4v) is 4.27. The van der Waals surface area contributed by atoms with E-state index in [4.69, 9.17) is 14.0 Å². The quantitative estimate of drug-likeness (QED) is 0.218. The number of rotatable bonds is 8. The number of benzene rings is 3. The summed E-state index contributed by atoms with van der Waals surface area (Å²) in [5.74, 6) is -0.545. The molecule has 3 aromatic carbocycles. The van der Waals surface area contributed by atoms with Gasteiger partial charge in [-0.2, -0.15) is 0 Å². The van der Waals surface area contributed by atoms with Crippen molar-refractivity contribution >= 4 is 23.4 Å². The Morgan fingerprint density at radius 2 is 1.44 bits per heavy atom. The standard InChI is InChI=1S/C31H31FN2O5/c1-6-37-29(35)31(4,5)24-18-16-22(17-19-24)21-12-14-23(15-13-21)28-27(20(3)33-39-28)34(30(36)38-7-2)26-11-9-8-10-25(26)32/h8-19H,6-7H2,1-5H3. The fourth-order valence-electron chi connectivity index (χ4n) is 4.27. The lowest BCUT2D eigenvalue weighted by Crippen LogP contribution is -2.31. The number of hydrogen-bond donors (Lipinski definition) is 0. The van der Waals surface area contributed by atoms with E-state index in [1.165, 1.54) is 12.1 Å². The van der Waals surface area contributed by atoms with Crippen LogP contribution < -0.4 is 4.90 Å². The number of halogens is 1. The second kappa shape index (κ2) is 11.5. The van der Waals surface area contributed by atoms with Crippen LogP contribution in [-0.4, -0.2) is 30.4 Å². The molecule has 8 heteroatoms. The fraction of sp³-hybridized carbons (Fsp3) is 0.258. The van der Waals surface area contributed by atoms with Crippen LogP contribution in [0.3, 0.4) is 0 Å². The molecule has 0 atom stereocenters. The first-order valence-electron chi connectivity index (χ1n) is 12.7. The molecule has 0 fully saturated rings.